The first-order chi connectivity index (χ1) is 10.1. The van der Waals surface area contributed by atoms with Crippen LogP contribution in [0.4, 0.5) is 0 Å². The first-order valence-electron chi connectivity index (χ1n) is 8.14. The van der Waals surface area contributed by atoms with Gasteiger partial charge in [0, 0.05) is 12.1 Å². The highest BCUT2D eigenvalue weighted by Gasteiger charge is 2.15. The Morgan fingerprint density at radius 1 is 1.29 bits per heavy atom. The smallest absolute Gasteiger partial charge is 0.251 e. The Hall–Kier alpha value is -1.35. The van der Waals surface area contributed by atoms with Gasteiger partial charge in [-0.15, -0.1) is 0 Å². The SMILES string of the molecule is Cc1ccc(C(=O)NCCCN2CCC(C)CC2)c(C)c1. The number of hydrogen-bond donors (Lipinski definition) is 1. The average Bonchev–Trinajstić information content (AvgIpc) is 2.45. The third-order valence-electron chi connectivity index (χ3n) is 4.44. The largest absolute Gasteiger partial charge is 0.352 e. The number of nitrogens with zero attached hydrogens (tertiary/aromatic N) is 1. The first kappa shape index (κ1) is 16.0. The number of carbonyl (C=O) groups is 1. The van der Waals surface area contributed by atoms with Gasteiger partial charge in [0.05, 0.1) is 0 Å². The van der Waals surface area contributed by atoms with E-state index in [2.05, 4.69) is 23.2 Å². The summed E-state index contributed by atoms with van der Waals surface area (Å²) in [6, 6.07) is 5.98. The molecular weight excluding hydrogens is 260 g/mol. The minimum atomic E-state index is 0.0553. The maximum Gasteiger partial charge on any atom is 0.251 e. The van der Waals surface area contributed by atoms with E-state index in [9.17, 15) is 4.79 Å². The molecule has 0 bridgehead atoms. The van der Waals surface area contributed by atoms with Gasteiger partial charge >= 0.3 is 0 Å². The molecule has 1 heterocycles. The van der Waals surface area contributed by atoms with Crippen LogP contribution in [0.5, 0.6) is 0 Å². The van der Waals surface area contributed by atoms with Crippen LogP contribution >= 0.6 is 0 Å². The molecule has 0 aliphatic carbocycles. The molecule has 0 saturated carbocycles. The van der Waals surface area contributed by atoms with Crippen LogP contribution < -0.4 is 5.32 Å². The number of likely N-dealkylation sites (tertiary alicyclic amines) is 1. The molecule has 1 saturated heterocycles. The standard InChI is InChI=1S/C18H28N2O/c1-14-7-11-20(12-8-14)10-4-9-19-18(21)17-6-5-15(2)13-16(17)3/h5-6,13-14H,4,7-12H2,1-3H3,(H,19,21). The Morgan fingerprint density at radius 2 is 2.00 bits per heavy atom. The monoisotopic (exact) mass is 288 g/mol. The molecule has 116 valence electrons. The van der Waals surface area contributed by atoms with E-state index in [0.717, 1.165) is 36.6 Å². The number of amides is 1. The zero-order valence-electron chi connectivity index (χ0n) is 13.6. The number of piperidine rings is 1. The van der Waals surface area contributed by atoms with E-state index in [-0.39, 0.29) is 5.91 Å². The molecule has 2 rings (SSSR count). The number of aryl methyl sites for hydroxylation is 2. The van der Waals surface area contributed by atoms with Crippen LogP contribution in [0, 0.1) is 19.8 Å². The van der Waals surface area contributed by atoms with Gasteiger partial charge in [0.2, 0.25) is 0 Å². The maximum absolute atomic E-state index is 12.1. The van der Waals surface area contributed by atoms with Crippen LogP contribution in [0.2, 0.25) is 0 Å². The van der Waals surface area contributed by atoms with Crippen LogP contribution in [0.25, 0.3) is 0 Å². The second-order valence-corrected chi connectivity index (χ2v) is 6.45. The molecule has 1 fully saturated rings. The van der Waals surface area contributed by atoms with Crippen molar-refractivity contribution in [1.82, 2.24) is 10.2 Å². The molecule has 0 unspecified atom stereocenters. The normalized spacial score (nSPS) is 16.9. The van der Waals surface area contributed by atoms with Crippen LogP contribution in [-0.4, -0.2) is 37.0 Å². The Kier molecular flexibility index (Phi) is 5.80. The van der Waals surface area contributed by atoms with Crippen molar-refractivity contribution in [1.29, 1.82) is 0 Å². The maximum atomic E-state index is 12.1. The highest BCUT2D eigenvalue weighted by molar-refractivity contribution is 5.95. The zero-order valence-corrected chi connectivity index (χ0v) is 13.6. The predicted octanol–water partition coefficient (Wildman–Crippen LogP) is 3.16. The number of carbonyl (C=O) groups excluding carboxylic acids is 1. The van der Waals surface area contributed by atoms with Gasteiger partial charge in [-0.25, -0.2) is 0 Å². The summed E-state index contributed by atoms with van der Waals surface area (Å²) in [7, 11) is 0. The van der Waals surface area contributed by atoms with E-state index in [1.165, 1.54) is 31.5 Å². The molecule has 0 radical (unpaired) electrons. The number of rotatable bonds is 5. The summed E-state index contributed by atoms with van der Waals surface area (Å²) in [5.41, 5.74) is 3.05. The fourth-order valence-electron chi connectivity index (χ4n) is 2.95. The molecular formula is C18H28N2O. The lowest BCUT2D eigenvalue weighted by molar-refractivity contribution is 0.0950. The van der Waals surface area contributed by atoms with E-state index in [4.69, 9.17) is 0 Å². The first-order valence-corrected chi connectivity index (χ1v) is 8.14. The summed E-state index contributed by atoms with van der Waals surface area (Å²) in [4.78, 5) is 14.7. The molecule has 3 nitrogen and oxygen atoms in total. The van der Waals surface area contributed by atoms with Crippen LogP contribution in [0.3, 0.4) is 0 Å². The molecule has 1 aromatic carbocycles. The average molecular weight is 288 g/mol. The molecule has 0 aromatic heterocycles. The lowest BCUT2D eigenvalue weighted by Crippen LogP contribution is -2.35. The minimum Gasteiger partial charge on any atom is -0.352 e. The van der Waals surface area contributed by atoms with E-state index in [1.54, 1.807) is 0 Å². The summed E-state index contributed by atoms with van der Waals surface area (Å²) in [6.07, 6.45) is 3.66. The van der Waals surface area contributed by atoms with Crippen molar-refractivity contribution in [3.8, 4) is 0 Å². The van der Waals surface area contributed by atoms with Crippen molar-refractivity contribution < 1.29 is 4.79 Å². The third-order valence-corrected chi connectivity index (χ3v) is 4.44. The van der Waals surface area contributed by atoms with Gasteiger partial charge in [0.15, 0.2) is 0 Å². The summed E-state index contributed by atoms with van der Waals surface area (Å²) in [5, 5.41) is 3.04. The second kappa shape index (κ2) is 7.60. The molecule has 0 spiro atoms. The molecule has 1 aliphatic rings. The number of benzene rings is 1. The lowest BCUT2D eigenvalue weighted by Gasteiger charge is -2.30. The Bertz CT molecular complexity index is 476. The van der Waals surface area contributed by atoms with Gasteiger partial charge < -0.3 is 10.2 Å². The molecule has 1 aromatic rings. The minimum absolute atomic E-state index is 0.0553. The molecule has 1 amide bonds. The zero-order chi connectivity index (χ0) is 15.2. The fourth-order valence-corrected chi connectivity index (χ4v) is 2.95. The summed E-state index contributed by atoms with van der Waals surface area (Å²) in [5.74, 6) is 0.935. The van der Waals surface area contributed by atoms with Gasteiger partial charge in [-0.2, -0.15) is 0 Å². The van der Waals surface area contributed by atoms with E-state index in [1.807, 2.05) is 26.0 Å². The summed E-state index contributed by atoms with van der Waals surface area (Å²) >= 11 is 0. The van der Waals surface area contributed by atoms with Gasteiger partial charge in [0.1, 0.15) is 0 Å². The van der Waals surface area contributed by atoms with Crippen LogP contribution in [-0.2, 0) is 0 Å². The highest BCUT2D eigenvalue weighted by Crippen LogP contribution is 2.15. The van der Waals surface area contributed by atoms with Crippen molar-refractivity contribution >= 4 is 5.91 Å². The molecule has 21 heavy (non-hydrogen) atoms. The van der Waals surface area contributed by atoms with E-state index < -0.39 is 0 Å². The topological polar surface area (TPSA) is 32.3 Å². The van der Waals surface area contributed by atoms with Gasteiger partial charge in [-0.1, -0.05) is 24.6 Å². The quantitative estimate of drug-likeness (QED) is 0.844. The second-order valence-electron chi connectivity index (χ2n) is 6.45. The van der Waals surface area contributed by atoms with Crippen LogP contribution in [0.1, 0.15) is 47.7 Å². The number of hydrogen-bond acceptors (Lipinski definition) is 2. The Labute approximate surface area is 128 Å². The molecule has 1 aliphatic heterocycles. The predicted molar refractivity (Wildman–Crippen MR) is 87.7 cm³/mol. The van der Waals surface area contributed by atoms with Crippen molar-refractivity contribution in [2.24, 2.45) is 5.92 Å². The van der Waals surface area contributed by atoms with Crippen molar-refractivity contribution in [3.63, 3.8) is 0 Å². The van der Waals surface area contributed by atoms with Crippen molar-refractivity contribution in [2.45, 2.75) is 40.0 Å². The third kappa shape index (κ3) is 4.85. The van der Waals surface area contributed by atoms with Crippen LogP contribution in [0.15, 0.2) is 18.2 Å². The van der Waals surface area contributed by atoms with Gasteiger partial charge in [-0.3, -0.25) is 4.79 Å². The lowest BCUT2D eigenvalue weighted by atomic mass is 9.99. The van der Waals surface area contributed by atoms with Crippen molar-refractivity contribution in [3.05, 3.63) is 34.9 Å². The Balaban J connectivity index is 1.69. The highest BCUT2D eigenvalue weighted by atomic mass is 16.1. The number of nitrogens with one attached hydrogen (secondary N) is 1. The molecule has 1 N–H and O–H groups in total. The van der Waals surface area contributed by atoms with Gasteiger partial charge in [-0.05, 0) is 70.3 Å². The van der Waals surface area contributed by atoms with E-state index >= 15 is 0 Å². The summed E-state index contributed by atoms with van der Waals surface area (Å²) in [6.45, 7) is 10.7. The summed E-state index contributed by atoms with van der Waals surface area (Å²) < 4.78 is 0. The fraction of sp³-hybridized carbons (Fsp3) is 0.611. The molecule has 0 atom stereocenters. The molecule has 3 heteroatoms. The van der Waals surface area contributed by atoms with E-state index in [0.29, 0.717) is 0 Å². The van der Waals surface area contributed by atoms with Gasteiger partial charge in [0.25, 0.3) is 5.91 Å². The Morgan fingerprint density at radius 3 is 2.67 bits per heavy atom. The van der Waals surface area contributed by atoms with Crippen molar-refractivity contribution in [2.75, 3.05) is 26.2 Å².